The number of hydrogen-bond acceptors (Lipinski definition) is 4. The van der Waals surface area contributed by atoms with Crippen LogP contribution in [-0.4, -0.2) is 28.2 Å². The van der Waals surface area contributed by atoms with Crippen molar-refractivity contribution in [2.45, 2.75) is 71.1 Å². The number of nitrogens with two attached hydrogens (primary N) is 1. The molecular weight excluding hydrogens is 448 g/mol. The molecule has 2 aromatic rings. The zero-order valence-electron chi connectivity index (χ0n) is 20.8. The van der Waals surface area contributed by atoms with Gasteiger partial charge in [0, 0.05) is 5.56 Å². The van der Waals surface area contributed by atoms with E-state index in [0.717, 1.165) is 12.8 Å². The number of nitrogens with zero attached hydrogens (tertiary/aromatic N) is 2. The second kappa shape index (κ2) is 8.94. The average Bonchev–Trinajstić information content (AvgIpc) is 3.10. The first-order chi connectivity index (χ1) is 16.4. The normalized spacial score (nSPS) is 24.4. The van der Waals surface area contributed by atoms with Gasteiger partial charge in [-0.1, -0.05) is 39.8 Å². The molecule has 1 spiro atoms. The van der Waals surface area contributed by atoms with Gasteiger partial charge in [-0.2, -0.15) is 4.39 Å². The molecule has 0 bridgehead atoms. The van der Waals surface area contributed by atoms with Gasteiger partial charge in [-0.15, -0.1) is 0 Å². The highest BCUT2D eigenvalue weighted by Gasteiger charge is 2.56. The van der Waals surface area contributed by atoms with Crippen LogP contribution in [-0.2, 0) is 10.5 Å². The molecule has 1 aliphatic carbocycles. The monoisotopic (exact) mass is 481 g/mol. The number of carbonyl (C=O) groups excluding carboxylic acids is 2. The van der Waals surface area contributed by atoms with Gasteiger partial charge in [-0.3, -0.25) is 19.5 Å². The summed E-state index contributed by atoms with van der Waals surface area (Å²) in [5.74, 6) is -0.208. The van der Waals surface area contributed by atoms with E-state index in [9.17, 15) is 18.4 Å². The molecule has 1 atom stereocenters. The number of halogens is 2. The van der Waals surface area contributed by atoms with Gasteiger partial charge in [-0.05, 0) is 85.4 Å². The summed E-state index contributed by atoms with van der Waals surface area (Å²) in [7, 11) is 0. The maximum absolute atomic E-state index is 14.0. The second-order valence-corrected chi connectivity index (χ2v) is 10.9. The number of benzene rings is 2. The van der Waals surface area contributed by atoms with Crippen LogP contribution in [0.2, 0.25) is 0 Å². The molecule has 1 fully saturated rings. The Labute approximate surface area is 205 Å². The molecule has 1 saturated carbocycles. The molecular formula is C28H33F2N3O2. The molecule has 2 aromatic carbocycles. The van der Waals surface area contributed by atoms with Crippen molar-refractivity contribution < 1.29 is 18.4 Å². The van der Waals surface area contributed by atoms with Crippen molar-refractivity contribution in [3.05, 3.63) is 71.0 Å². The van der Waals surface area contributed by atoms with Crippen LogP contribution >= 0.6 is 0 Å². The van der Waals surface area contributed by atoms with Crippen LogP contribution in [0.1, 0.15) is 81.3 Å². The summed E-state index contributed by atoms with van der Waals surface area (Å²) in [4.78, 5) is 31.9. The minimum absolute atomic E-state index is 0.0661. The topological polar surface area (TPSA) is 75.8 Å². The van der Waals surface area contributed by atoms with Crippen molar-refractivity contribution in [1.82, 2.24) is 4.90 Å². The SMILES string of the molecule is CC[C@](N)(c1ccc(C(=O)F)cc1)N1C(=O)C(c2ccc(F)cc2)=NC12CCC(C(C)(C)C)CC2. The van der Waals surface area contributed by atoms with Crippen molar-refractivity contribution in [3.8, 4) is 0 Å². The van der Waals surface area contributed by atoms with Gasteiger partial charge in [-0.25, -0.2) is 4.39 Å². The van der Waals surface area contributed by atoms with Crippen molar-refractivity contribution in [3.63, 3.8) is 0 Å². The van der Waals surface area contributed by atoms with Crippen molar-refractivity contribution in [1.29, 1.82) is 0 Å². The van der Waals surface area contributed by atoms with Crippen LogP contribution in [0.5, 0.6) is 0 Å². The molecule has 1 aliphatic heterocycles. The summed E-state index contributed by atoms with van der Waals surface area (Å²) in [5.41, 5.74) is 6.46. The number of carbonyl (C=O) groups is 2. The summed E-state index contributed by atoms with van der Waals surface area (Å²) in [6.07, 6.45) is 3.49. The Morgan fingerprint density at radius 2 is 1.66 bits per heavy atom. The summed E-state index contributed by atoms with van der Waals surface area (Å²) in [5, 5.41) is 0. The fourth-order valence-corrected chi connectivity index (χ4v) is 5.61. The zero-order chi connectivity index (χ0) is 25.6. The molecule has 4 rings (SSSR count). The van der Waals surface area contributed by atoms with Gasteiger partial charge in [0.25, 0.3) is 5.91 Å². The Morgan fingerprint density at radius 1 is 1.09 bits per heavy atom. The van der Waals surface area contributed by atoms with E-state index >= 15 is 0 Å². The lowest BCUT2D eigenvalue weighted by molar-refractivity contribution is -0.141. The first-order valence-corrected chi connectivity index (χ1v) is 12.2. The summed E-state index contributed by atoms with van der Waals surface area (Å²) in [6.45, 7) is 8.58. The Balaban J connectivity index is 1.80. The summed E-state index contributed by atoms with van der Waals surface area (Å²) in [6, 6.07) is 10.2. The Morgan fingerprint density at radius 3 is 2.14 bits per heavy atom. The quantitative estimate of drug-likeness (QED) is 0.555. The first-order valence-electron chi connectivity index (χ1n) is 12.2. The smallest absolute Gasteiger partial charge is 0.305 e. The molecule has 1 amide bonds. The zero-order valence-corrected chi connectivity index (χ0v) is 20.8. The van der Waals surface area contributed by atoms with E-state index in [1.807, 2.05) is 6.92 Å². The molecule has 0 unspecified atom stereocenters. The number of aliphatic imine (C=N–C) groups is 1. The van der Waals surface area contributed by atoms with Crippen molar-refractivity contribution in [2.75, 3.05) is 0 Å². The van der Waals surface area contributed by atoms with Crippen LogP contribution in [0.3, 0.4) is 0 Å². The average molecular weight is 482 g/mol. The molecule has 0 saturated heterocycles. The van der Waals surface area contributed by atoms with Crippen LogP contribution in [0.25, 0.3) is 0 Å². The van der Waals surface area contributed by atoms with Crippen LogP contribution in [0.15, 0.2) is 53.5 Å². The lowest BCUT2D eigenvalue weighted by Gasteiger charge is -2.51. The van der Waals surface area contributed by atoms with E-state index in [2.05, 4.69) is 20.8 Å². The molecule has 0 radical (unpaired) electrons. The Kier molecular flexibility index (Phi) is 6.43. The van der Waals surface area contributed by atoms with Crippen LogP contribution < -0.4 is 5.73 Å². The molecule has 2 N–H and O–H groups in total. The van der Waals surface area contributed by atoms with E-state index in [4.69, 9.17) is 10.7 Å². The third kappa shape index (κ3) is 4.42. The van der Waals surface area contributed by atoms with E-state index in [1.165, 1.54) is 24.3 Å². The summed E-state index contributed by atoms with van der Waals surface area (Å²) < 4.78 is 26.8. The third-order valence-corrected chi connectivity index (χ3v) is 7.82. The molecule has 186 valence electrons. The Bertz CT molecular complexity index is 1140. The highest BCUT2D eigenvalue weighted by atomic mass is 19.1. The van der Waals surface area contributed by atoms with Crippen molar-refractivity contribution in [2.24, 2.45) is 22.1 Å². The third-order valence-electron chi connectivity index (χ3n) is 7.82. The Hall–Kier alpha value is -2.93. The predicted octanol–water partition coefficient (Wildman–Crippen LogP) is 5.72. The molecule has 35 heavy (non-hydrogen) atoms. The molecule has 0 aromatic heterocycles. The number of hydrogen-bond donors (Lipinski definition) is 1. The minimum atomic E-state index is -1.52. The predicted molar refractivity (Wildman–Crippen MR) is 132 cm³/mol. The van der Waals surface area contributed by atoms with Gasteiger partial charge >= 0.3 is 6.04 Å². The fourth-order valence-electron chi connectivity index (χ4n) is 5.61. The van der Waals surface area contributed by atoms with E-state index in [0.29, 0.717) is 36.3 Å². The number of rotatable bonds is 5. The maximum Gasteiger partial charge on any atom is 0.332 e. The van der Waals surface area contributed by atoms with Gasteiger partial charge in [0.05, 0.1) is 5.56 Å². The minimum Gasteiger partial charge on any atom is -0.305 e. The molecule has 7 heteroatoms. The molecule has 1 heterocycles. The lowest BCUT2D eigenvalue weighted by Crippen LogP contribution is -2.63. The van der Waals surface area contributed by atoms with Gasteiger partial charge in [0.1, 0.15) is 22.9 Å². The molecule has 2 aliphatic rings. The highest BCUT2D eigenvalue weighted by Crippen LogP contribution is 2.50. The van der Waals surface area contributed by atoms with Crippen LogP contribution in [0.4, 0.5) is 8.78 Å². The maximum atomic E-state index is 14.0. The fraction of sp³-hybridized carbons (Fsp3) is 0.464. The van der Waals surface area contributed by atoms with E-state index in [1.54, 1.807) is 29.2 Å². The highest BCUT2D eigenvalue weighted by molar-refractivity contribution is 6.46. The first kappa shape index (κ1) is 25.2. The van der Waals surface area contributed by atoms with E-state index < -0.39 is 17.4 Å². The van der Waals surface area contributed by atoms with Crippen molar-refractivity contribution >= 4 is 17.7 Å². The van der Waals surface area contributed by atoms with Gasteiger partial charge in [0.2, 0.25) is 0 Å². The lowest BCUT2D eigenvalue weighted by atomic mass is 9.69. The number of amides is 1. The van der Waals surface area contributed by atoms with Crippen LogP contribution in [0, 0.1) is 17.2 Å². The standard InChI is InChI=1S/C28H33F2N3O2/c1-5-28(31,21-10-6-19(7-11-21)24(30)34)33-25(35)23(18-8-12-22(29)13-9-18)32-27(33)16-14-20(15-17-27)26(2,3)4/h6-13,20H,5,14-17,31H2,1-4H3/t20?,27?,28-/m1/s1. The summed E-state index contributed by atoms with van der Waals surface area (Å²) >= 11 is 0. The van der Waals surface area contributed by atoms with E-state index in [-0.39, 0.29) is 28.4 Å². The molecule has 5 nitrogen and oxygen atoms in total. The second-order valence-electron chi connectivity index (χ2n) is 10.9. The van der Waals surface area contributed by atoms with Gasteiger partial charge < -0.3 is 5.73 Å². The van der Waals surface area contributed by atoms with Gasteiger partial charge in [0.15, 0.2) is 0 Å². The largest absolute Gasteiger partial charge is 0.332 e.